The van der Waals surface area contributed by atoms with Gasteiger partial charge in [-0.1, -0.05) is 0 Å². The lowest BCUT2D eigenvalue weighted by molar-refractivity contribution is 0.0968. The number of hydrogen-bond acceptors (Lipinski definition) is 4. The number of hydrogen-bond donors (Lipinski definition) is 3. The highest BCUT2D eigenvalue weighted by molar-refractivity contribution is 7.18. The average Bonchev–Trinajstić information content (AvgIpc) is 3.35. The van der Waals surface area contributed by atoms with Crippen LogP contribution >= 0.6 is 11.3 Å². The monoisotopic (exact) mass is 305 g/mol. The molecule has 21 heavy (non-hydrogen) atoms. The molecule has 3 saturated carbocycles. The number of nitrogen functional groups attached to an aromatic ring is 1. The summed E-state index contributed by atoms with van der Waals surface area (Å²) in [7, 11) is 1.66. The van der Waals surface area contributed by atoms with E-state index in [9.17, 15) is 4.79 Å². The normalized spacial score (nSPS) is 22.9. The second-order valence-corrected chi connectivity index (χ2v) is 7.95. The highest BCUT2D eigenvalue weighted by atomic mass is 32.1. The molecule has 5 heteroatoms. The van der Waals surface area contributed by atoms with E-state index in [2.05, 4.69) is 10.6 Å². The maximum Gasteiger partial charge on any atom is 0.263 e. The quantitative estimate of drug-likeness (QED) is 0.756. The number of nitrogens with two attached hydrogens (primary N) is 1. The van der Waals surface area contributed by atoms with Crippen LogP contribution in [-0.4, -0.2) is 19.5 Å². The van der Waals surface area contributed by atoms with Crippen LogP contribution in [-0.2, 0) is 0 Å². The fourth-order valence-corrected chi connectivity index (χ4v) is 4.64. The van der Waals surface area contributed by atoms with Crippen molar-refractivity contribution in [3.63, 3.8) is 0 Å². The van der Waals surface area contributed by atoms with E-state index in [1.165, 1.54) is 55.4 Å². The molecule has 4 nitrogen and oxygen atoms in total. The minimum absolute atomic E-state index is 0.0595. The molecular formula is C16H23N3OS. The number of carbonyl (C=O) groups is 1. The van der Waals surface area contributed by atoms with Gasteiger partial charge in [-0.25, -0.2) is 0 Å². The summed E-state index contributed by atoms with van der Waals surface area (Å²) in [4.78, 5) is 12.6. The molecule has 4 rings (SSSR count). The van der Waals surface area contributed by atoms with Gasteiger partial charge in [-0.15, -0.1) is 11.3 Å². The van der Waals surface area contributed by atoms with E-state index in [0.29, 0.717) is 21.9 Å². The summed E-state index contributed by atoms with van der Waals surface area (Å²) in [5.41, 5.74) is 8.74. The molecule has 0 radical (unpaired) electrons. The van der Waals surface area contributed by atoms with Crippen molar-refractivity contribution in [2.24, 2.45) is 11.3 Å². The molecule has 3 aliphatic carbocycles. The molecule has 0 atom stereocenters. The molecule has 0 spiro atoms. The fourth-order valence-electron chi connectivity index (χ4n) is 3.49. The van der Waals surface area contributed by atoms with Crippen molar-refractivity contribution >= 4 is 27.9 Å². The number of anilines is 2. The number of thiophene rings is 1. The van der Waals surface area contributed by atoms with Gasteiger partial charge in [-0.05, 0) is 55.8 Å². The Morgan fingerprint density at radius 1 is 1.33 bits per heavy atom. The summed E-state index contributed by atoms with van der Waals surface area (Å²) < 4.78 is 0. The van der Waals surface area contributed by atoms with Crippen LogP contribution in [0, 0.1) is 11.3 Å². The third kappa shape index (κ3) is 2.31. The zero-order chi connectivity index (χ0) is 14.6. The summed E-state index contributed by atoms with van der Waals surface area (Å²) in [5.74, 6) is 1.46. The predicted molar refractivity (Wildman–Crippen MR) is 87.0 cm³/mol. The Morgan fingerprint density at radius 3 is 2.57 bits per heavy atom. The fraction of sp³-hybridized carbons (Fsp3) is 0.688. The first kappa shape index (κ1) is 13.4. The lowest BCUT2D eigenvalue weighted by Crippen LogP contribution is -2.17. The van der Waals surface area contributed by atoms with Crippen LogP contribution in [0.1, 0.15) is 59.7 Å². The molecule has 3 aliphatic rings. The zero-order valence-electron chi connectivity index (χ0n) is 12.5. The minimum Gasteiger partial charge on any atom is -0.397 e. The van der Waals surface area contributed by atoms with Gasteiger partial charge < -0.3 is 16.4 Å². The Hall–Kier alpha value is -1.23. The molecular weight excluding hydrogens is 282 g/mol. The van der Waals surface area contributed by atoms with E-state index in [1.54, 1.807) is 7.05 Å². The Kier molecular flexibility index (Phi) is 2.96. The van der Waals surface area contributed by atoms with Crippen molar-refractivity contribution in [1.82, 2.24) is 5.32 Å². The first-order valence-electron chi connectivity index (χ1n) is 8.03. The summed E-state index contributed by atoms with van der Waals surface area (Å²) in [6, 6.07) is 0. The maximum atomic E-state index is 12.0. The van der Waals surface area contributed by atoms with Crippen LogP contribution in [0.25, 0.3) is 0 Å². The second kappa shape index (κ2) is 4.63. The first-order chi connectivity index (χ1) is 10.1. The van der Waals surface area contributed by atoms with Crippen molar-refractivity contribution in [2.75, 3.05) is 24.6 Å². The highest BCUT2D eigenvalue weighted by Crippen LogP contribution is 2.61. The van der Waals surface area contributed by atoms with Gasteiger partial charge >= 0.3 is 0 Å². The number of nitrogens with one attached hydrogen (secondary N) is 2. The van der Waals surface area contributed by atoms with Crippen LogP contribution in [0.2, 0.25) is 0 Å². The van der Waals surface area contributed by atoms with Gasteiger partial charge in [0.05, 0.1) is 10.7 Å². The smallest absolute Gasteiger partial charge is 0.263 e. The SMILES string of the molecule is CNC(=O)c1sc(NCC2(C3CC3)CC2)c(C2CC2)c1N. The van der Waals surface area contributed by atoms with Gasteiger partial charge in [0.1, 0.15) is 4.88 Å². The molecule has 0 aromatic carbocycles. The predicted octanol–water partition coefficient (Wildman–Crippen LogP) is 3.17. The van der Waals surface area contributed by atoms with E-state index < -0.39 is 0 Å². The summed E-state index contributed by atoms with van der Waals surface area (Å²) in [6.45, 7) is 1.06. The van der Waals surface area contributed by atoms with E-state index >= 15 is 0 Å². The summed E-state index contributed by atoms with van der Waals surface area (Å²) in [5, 5.41) is 7.51. The third-order valence-electron chi connectivity index (χ3n) is 5.34. The topological polar surface area (TPSA) is 67.2 Å². The lowest BCUT2D eigenvalue weighted by Gasteiger charge is -2.16. The third-order valence-corrected chi connectivity index (χ3v) is 6.52. The standard InChI is InChI=1S/C16H23N3OS/c1-18-14(20)13-12(17)11(9-2-3-9)15(21-13)19-8-16(6-7-16)10-4-5-10/h9-10,19H,2-8,17H2,1H3,(H,18,20). The van der Waals surface area contributed by atoms with Crippen LogP contribution < -0.4 is 16.4 Å². The zero-order valence-corrected chi connectivity index (χ0v) is 13.3. The van der Waals surface area contributed by atoms with E-state index in [4.69, 9.17) is 5.73 Å². The van der Waals surface area contributed by atoms with Crippen molar-refractivity contribution in [2.45, 2.75) is 44.4 Å². The number of carbonyl (C=O) groups excluding carboxylic acids is 1. The Balaban J connectivity index is 1.56. The van der Waals surface area contributed by atoms with Crippen LogP contribution in [0.4, 0.5) is 10.7 Å². The summed E-state index contributed by atoms with van der Waals surface area (Å²) in [6.07, 6.45) is 7.97. The van der Waals surface area contributed by atoms with Gasteiger partial charge in [-0.3, -0.25) is 4.79 Å². The van der Waals surface area contributed by atoms with Crippen molar-refractivity contribution in [3.8, 4) is 0 Å². The molecule has 0 aliphatic heterocycles. The minimum atomic E-state index is -0.0595. The molecule has 114 valence electrons. The number of rotatable bonds is 6. The molecule has 0 bridgehead atoms. The molecule has 1 aromatic heterocycles. The molecule has 1 amide bonds. The van der Waals surface area contributed by atoms with Crippen molar-refractivity contribution < 1.29 is 4.79 Å². The molecule has 1 aromatic rings. The Bertz CT molecular complexity index is 583. The Labute approximate surface area is 129 Å². The van der Waals surface area contributed by atoms with Gasteiger partial charge in [0, 0.05) is 19.2 Å². The summed E-state index contributed by atoms with van der Waals surface area (Å²) >= 11 is 1.54. The molecule has 0 saturated heterocycles. The molecule has 3 fully saturated rings. The lowest BCUT2D eigenvalue weighted by atomic mass is 10.0. The van der Waals surface area contributed by atoms with Crippen LogP contribution in [0.3, 0.4) is 0 Å². The highest BCUT2D eigenvalue weighted by Gasteiger charge is 2.53. The first-order valence-corrected chi connectivity index (χ1v) is 8.84. The van der Waals surface area contributed by atoms with Crippen molar-refractivity contribution in [3.05, 3.63) is 10.4 Å². The van der Waals surface area contributed by atoms with Gasteiger partial charge in [-0.2, -0.15) is 0 Å². The number of amides is 1. The largest absolute Gasteiger partial charge is 0.397 e. The Morgan fingerprint density at radius 2 is 2.05 bits per heavy atom. The van der Waals surface area contributed by atoms with Gasteiger partial charge in [0.2, 0.25) is 0 Å². The average molecular weight is 305 g/mol. The second-order valence-electron chi connectivity index (χ2n) is 6.93. The van der Waals surface area contributed by atoms with Gasteiger partial charge in [0.15, 0.2) is 0 Å². The van der Waals surface area contributed by atoms with E-state index in [-0.39, 0.29) is 5.91 Å². The van der Waals surface area contributed by atoms with Crippen LogP contribution in [0.15, 0.2) is 0 Å². The van der Waals surface area contributed by atoms with Gasteiger partial charge in [0.25, 0.3) is 5.91 Å². The van der Waals surface area contributed by atoms with E-state index in [1.807, 2.05) is 0 Å². The molecule has 4 N–H and O–H groups in total. The van der Waals surface area contributed by atoms with Crippen LogP contribution in [0.5, 0.6) is 0 Å². The molecule has 0 unspecified atom stereocenters. The van der Waals surface area contributed by atoms with Crippen molar-refractivity contribution in [1.29, 1.82) is 0 Å². The van der Waals surface area contributed by atoms with E-state index in [0.717, 1.165) is 17.5 Å². The molecule has 1 heterocycles. The maximum absolute atomic E-state index is 12.0.